The molecule has 0 saturated carbocycles. The maximum absolute atomic E-state index is 11.6. The van der Waals surface area contributed by atoms with E-state index in [1.165, 1.54) is 0 Å². The molecule has 0 aliphatic carbocycles. The first kappa shape index (κ1) is 10.4. The number of hydrazine groups is 1. The predicted molar refractivity (Wildman–Crippen MR) is 49.0 cm³/mol. The van der Waals surface area contributed by atoms with Crippen molar-refractivity contribution in [3.8, 4) is 0 Å². The fourth-order valence-corrected chi connectivity index (χ4v) is 1.40. The highest BCUT2D eigenvalue weighted by Gasteiger charge is 2.32. The molecule has 1 amide bonds. The second-order valence-electron chi connectivity index (χ2n) is 3.41. The summed E-state index contributed by atoms with van der Waals surface area (Å²) in [7, 11) is 5.43. The van der Waals surface area contributed by atoms with Gasteiger partial charge in [0.1, 0.15) is 0 Å². The van der Waals surface area contributed by atoms with E-state index in [9.17, 15) is 4.79 Å². The van der Waals surface area contributed by atoms with Crippen LogP contribution in [0.2, 0.25) is 0 Å². The van der Waals surface area contributed by atoms with Gasteiger partial charge in [-0.3, -0.25) is 10.2 Å². The number of amides is 1. The van der Waals surface area contributed by atoms with Gasteiger partial charge in [0.2, 0.25) is 5.91 Å². The van der Waals surface area contributed by atoms with Gasteiger partial charge in [-0.15, -0.1) is 0 Å². The molecule has 1 rings (SSSR count). The first-order valence-electron chi connectivity index (χ1n) is 4.38. The Morgan fingerprint density at radius 1 is 1.46 bits per heavy atom. The second kappa shape index (κ2) is 4.55. The summed E-state index contributed by atoms with van der Waals surface area (Å²) in [6, 6.07) is 0.139. The van der Waals surface area contributed by atoms with Crippen LogP contribution in [0.1, 0.15) is 0 Å². The Bertz CT molecular complexity index is 184. The standard InChI is InChI=1S/C8H17N3O2/c1-9-7-5-13-4-6(7)8(12)10-11(2)3/h6-7,9H,4-5H2,1-3H3,(H,10,12). The van der Waals surface area contributed by atoms with Crippen LogP contribution in [0.25, 0.3) is 0 Å². The normalized spacial score (nSPS) is 28.0. The third-order valence-electron chi connectivity index (χ3n) is 2.12. The Hall–Kier alpha value is -0.650. The Balaban J connectivity index is 2.45. The van der Waals surface area contributed by atoms with E-state index in [2.05, 4.69) is 10.7 Å². The van der Waals surface area contributed by atoms with Gasteiger partial charge in [0.05, 0.1) is 19.1 Å². The number of hydrogen-bond acceptors (Lipinski definition) is 4. The van der Waals surface area contributed by atoms with Crippen LogP contribution >= 0.6 is 0 Å². The molecule has 2 atom stereocenters. The number of nitrogens with zero attached hydrogens (tertiary/aromatic N) is 1. The van der Waals surface area contributed by atoms with Crippen LogP contribution in [0.3, 0.4) is 0 Å². The minimum atomic E-state index is -0.0765. The van der Waals surface area contributed by atoms with Crippen molar-refractivity contribution in [2.24, 2.45) is 5.92 Å². The first-order valence-corrected chi connectivity index (χ1v) is 4.38. The molecule has 0 aromatic rings. The molecule has 0 bridgehead atoms. The average molecular weight is 187 g/mol. The van der Waals surface area contributed by atoms with Crippen LogP contribution in [-0.4, -0.2) is 51.3 Å². The molecule has 1 aliphatic heterocycles. The summed E-state index contributed by atoms with van der Waals surface area (Å²) in [5.74, 6) is -0.0609. The largest absolute Gasteiger partial charge is 0.379 e. The second-order valence-corrected chi connectivity index (χ2v) is 3.41. The molecule has 1 fully saturated rings. The molecule has 13 heavy (non-hydrogen) atoms. The van der Waals surface area contributed by atoms with Crippen LogP contribution in [0.15, 0.2) is 0 Å². The Morgan fingerprint density at radius 3 is 2.69 bits per heavy atom. The summed E-state index contributed by atoms with van der Waals surface area (Å²) >= 11 is 0. The number of nitrogens with one attached hydrogen (secondary N) is 2. The smallest absolute Gasteiger partial charge is 0.241 e. The fourth-order valence-electron chi connectivity index (χ4n) is 1.40. The number of carbonyl (C=O) groups is 1. The summed E-state index contributed by atoms with van der Waals surface area (Å²) in [4.78, 5) is 11.6. The van der Waals surface area contributed by atoms with Crippen LogP contribution in [0.4, 0.5) is 0 Å². The number of ether oxygens (including phenoxy) is 1. The highest BCUT2D eigenvalue weighted by molar-refractivity contribution is 5.79. The van der Waals surface area contributed by atoms with Gasteiger partial charge in [-0.1, -0.05) is 0 Å². The molecule has 1 heterocycles. The zero-order valence-electron chi connectivity index (χ0n) is 8.33. The Kier molecular flexibility index (Phi) is 3.65. The van der Waals surface area contributed by atoms with E-state index >= 15 is 0 Å². The van der Waals surface area contributed by atoms with Gasteiger partial charge in [-0.25, -0.2) is 5.01 Å². The van der Waals surface area contributed by atoms with E-state index in [0.717, 1.165) is 0 Å². The molecule has 2 N–H and O–H groups in total. The summed E-state index contributed by atoms with van der Waals surface area (Å²) in [5.41, 5.74) is 2.72. The molecule has 76 valence electrons. The third kappa shape index (κ3) is 2.65. The zero-order valence-corrected chi connectivity index (χ0v) is 8.33. The molecule has 0 aromatic heterocycles. The van der Waals surface area contributed by atoms with Gasteiger partial charge in [-0.2, -0.15) is 0 Å². The van der Waals surface area contributed by atoms with E-state index in [1.54, 1.807) is 19.1 Å². The third-order valence-corrected chi connectivity index (χ3v) is 2.12. The van der Waals surface area contributed by atoms with Gasteiger partial charge in [0.15, 0.2) is 0 Å². The maximum Gasteiger partial charge on any atom is 0.241 e. The molecule has 5 nitrogen and oxygen atoms in total. The van der Waals surface area contributed by atoms with Gasteiger partial charge >= 0.3 is 0 Å². The van der Waals surface area contributed by atoms with Crippen LogP contribution in [0.5, 0.6) is 0 Å². The molecule has 1 saturated heterocycles. The molecular weight excluding hydrogens is 170 g/mol. The van der Waals surface area contributed by atoms with E-state index in [1.807, 2.05) is 7.05 Å². The summed E-state index contributed by atoms with van der Waals surface area (Å²) in [6.45, 7) is 1.12. The number of likely N-dealkylation sites (N-methyl/N-ethyl adjacent to an activating group) is 1. The van der Waals surface area contributed by atoms with Gasteiger partial charge < -0.3 is 10.1 Å². The van der Waals surface area contributed by atoms with E-state index in [-0.39, 0.29) is 17.9 Å². The molecule has 0 radical (unpaired) electrons. The lowest BCUT2D eigenvalue weighted by atomic mass is 10.0. The van der Waals surface area contributed by atoms with Crippen molar-refractivity contribution < 1.29 is 9.53 Å². The zero-order chi connectivity index (χ0) is 9.84. The van der Waals surface area contributed by atoms with Crippen molar-refractivity contribution >= 4 is 5.91 Å². The molecule has 5 heteroatoms. The quantitative estimate of drug-likeness (QED) is 0.546. The molecular formula is C8H17N3O2. The highest BCUT2D eigenvalue weighted by Crippen LogP contribution is 2.13. The van der Waals surface area contributed by atoms with E-state index in [4.69, 9.17) is 4.74 Å². The monoisotopic (exact) mass is 187 g/mol. The van der Waals surface area contributed by atoms with Crippen molar-refractivity contribution in [1.82, 2.24) is 15.8 Å². The van der Waals surface area contributed by atoms with Gasteiger partial charge in [0.25, 0.3) is 0 Å². The molecule has 0 aromatic carbocycles. The molecule has 2 unspecified atom stereocenters. The maximum atomic E-state index is 11.6. The SMILES string of the molecule is CNC1COCC1C(=O)NN(C)C. The minimum absolute atomic E-state index is 0.0156. The van der Waals surface area contributed by atoms with Crippen molar-refractivity contribution in [1.29, 1.82) is 0 Å². The average Bonchev–Trinajstić information content (AvgIpc) is 2.49. The first-order chi connectivity index (χ1) is 6.15. The van der Waals surface area contributed by atoms with E-state index < -0.39 is 0 Å². The van der Waals surface area contributed by atoms with Gasteiger partial charge in [-0.05, 0) is 7.05 Å². The van der Waals surface area contributed by atoms with Crippen LogP contribution < -0.4 is 10.7 Å². The number of rotatable bonds is 3. The van der Waals surface area contributed by atoms with E-state index in [0.29, 0.717) is 13.2 Å². The molecule has 1 aliphatic rings. The van der Waals surface area contributed by atoms with Crippen molar-refractivity contribution in [3.05, 3.63) is 0 Å². The minimum Gasteiger partial charge on any atom is -0.379 e. The Morgan fingerprint density at radius 2 is 2.15 bits per heavy atom. The lowest BCUT2D eigenvalue weighted by Gasteiger charge is -2.19. The van der Waals surface area contributed by atoms with Crippen molar-refractivity contribution in [2.75, 3.05) is 34.4 Å². The summed E-state index contributed by atoms with van der Waals surface area (Å²) < 4.78 is 5.22. The van der Waals surface area contributed by atoms with Crippen LogP contribution in [0, 0.1) is 5.92 Å². The fraction of sp³-hybridized carbons (Fsp3) is 0.875. The Labute approximate surface area is 78.4 Å². The van der Waals surface area contributed by atoms with Crippen molar-refractivity contribution in [3.63, 3.8) is 0 Å². The lowest BCUT2D eigenvalue weighted by Crippen LogP contribution is -2.46. The number of hydrogen-bond donors (Lipinski definition) is 2. The van der Waals surface area contributed by atoms with Crippen molar-refractivity contribution in [2.45, 2.75) is 6.04 Å². The molecule has 0 spiro atoms. The highest BCUT2D eigenvalue weighted by atomic mass is 16.5. The number of carbonyl (C=O) groups excluding carboxylic acids is 1. The topological polar surface area (TPSA) is 53.6 Å². The predicted octanol–water partition coefficient (Wildman–Crippen LogP) is -1.19. The summed E-state index contributed by atoms with van der Waals surface area (Å²) in [5, 5.41) is 4.71. The van der Waals surface area contributed by atoms with Gasteiger partial charge in [0, 0.05) is 20.1 Å². The summed E-state index contributed by atoms with van der Waals surface area (Å²) in [6.07, 6.45) is 0. The lowest BCUT2D eigenvalue weighted by molar-refractivity contribution is -0.129. The van der Waals surface area contributed by atoms with Crippen LogP contribution in [-0.2, 0) is 9.53 Å².